The molecule has 0 unspecified atom stereocenters. The van der Waals surface area contributed by atoms with E-state index in [9.17, 15) is 0 Å². The average molecular weight is 1130 g/mol. The van der Waals surface area contributed by atoms with E-state index in [1.807, 2.05) is 0 Å². The lowest BCUT2D eigenvalue weighted by Gasteiger charge is -2.26. The molecule has 0 atom stereocenters. The largest absolute Gasteiger partial charge is 0.378 e. The maximum atomic E-state index is 5.74. The molecule has 0 amide bonds. The molecule has 0 fully saturated rings. The number of hydrogen-bond donors (Lipinski definition) is 2. The van der Waals surface area contributed by atoms with Gasteiger partial charge in [-0.05, 0) is 188 Å². The summed E-state index contributed by atoms with van der Waals surface area (Å²) in [5.41, 5.74) is 26.2. The van der Waals surface area contributed by atoms with Crippen molar-refractivity contribution < 1.29 is 0 Å². The molecule has 430 valence electrons. The second kappa shape index (κ2) is 22.6. The number of hydrogen-bond acceptors (Lipinski definition) is 4. The van der Waals surface area contributed by atoms with Crippen LogP contribution in [-0.2, 0) is 21.7 Å². The lowest BCUT2D eigenvalue weighted by Crippen LogP contribution is -2.16. The quantitative estimate of drug-likeness (QED) is 0.163. The van der Waals surface area contributed by atoms with Gasteiger partial charge in [-0.15, -0.1) is 0 Å². The van der Waals surface area contributed by atoms with Gasteiger partial charge in [0.1, 0.15) is 0 Å². The van der Waals surface area contributed by atoms with Gasteiger partial charge in [-0.2, -0.15) is 0 Å². The lowest BCUT2D eigenvalue weighted by molar-refractivity contribution is 0.568. The minimum Gasteiger partial charge on any atom is -0.378 e. The van der Waals surface area contributed by atoms with E-state index in [0.29, 0.717) is 0 Å². The first kappa shape index (κ1) is 58.4. The van der Waals surface area contributed by atoms with Gasteiger partial charge in [0.25, 0.3) is 0 Å². The number of aromatic amines is 2. The average Bonchev–Trinajstić information content (AvgIpc) is 1.68. The molecule has 0 aliphatic carbocycles. The molecule has 2 aliphatic rings. The van der Waals surface area contributed by atoms with Crippen molar-refractivity contribution >= 4 is 57.7 Å². The van der Waals surface area contributed by atoms with Crippen LogP contribution in [0.2, 0.25) is 0 Å². The molecule has 6 aromatic carbocycles. The fraction of sp³-hybridized carbons (Fsp3) is 0.250. The topological polar surface area (TPSA) is 63.8 Å². The van der Waals surface area contributed by atoms with Gasteiger partial charge in [-0.25, -0.2) is 9.97 Å². The summed E-state index contributed by atoms with van der Waals surface area (Å²) in [6, 6.07) is 57.1. The summed E-state index contributed by atoms with van der Waals surface area (Å²) in [4.78, 5) is 23.7. The normalized spacial score (nSPS) is 12.4. The van der Waals surface area contributed by atoms with E-state index in [2.05, 4.69) is 337 Å². The Labute approximate surface area is 510 Å². The van der Waals surface area contributed by atoms with Gasteiger partial charge >= 0.3 is 0 Å². The minimum absolute atomic E-state index is 0.118. The van der Waals surface area contributed by atoms with Crippen molar-refractivity contribution in [3.63, 3.8) is 0 Å². The number of nitrogens with zero attached hydrogens (tertiary/aromatic N) is 4. The maximum Gasteiger partial charge on any atom is 0.0737 e. The molecule has 6 nitrogen and oxygen atoms in total. The van der Waals surface area contributed by atoms with Crippen molar-refractivity contribution in [1.29, 1.82) is 0 Å². The number of aromatic nitrogens is 4. The van der Waals surface area contributed by atoms with Crippen molar-refractivity contribution in [2.75, 3.05) is 38.0 Å². The Morgan fingerprint density at radius 3 is 0.756 bits per heavy atom. The van der Waals surface area contributed by atoms with E-state index in [4.69, 9.17) is 9.97 Å². The van der Waals surface area contributed by atoms with Gasteiger partial charge in [0.15, 0.2) is 0 Å². The van der Waals surface area contributed by atoms with Crippen LogP contribution in [0.25, 0.3) is 90.9 Å². The SMILES string of the molecule is CN(C)c1ccc(C#Cc2ccc(-c3c4nc(c(-c5cc(C(C)(C)C)cc(C(C)(C)C)c5)c5ccc([nH]5)c(-c5ccc(C#Cc6ccc(N(C)C)cc6)cc5)c5nc(c(-c6cc(C(C)(C)C)cc(C(C)(C)C)c6)c6ccc3[nH]6)C=C5)C=C4)cc2)cc1. The molecule has 11 rings (SSSR count). The van der Waals surface area contributed by atoms with Crippen LogP contribution in [0.3, 0.4) is 0 Å². The molecule has 0 radical (unpaired) electrons. The lowest BCUT2D eigenvalue weighted by atomic mass is 9.78. The number of nitrogens with one attached hydrogen (secondary N) is 2. The van der Waals surface area contributed by atoms with Crippen molar-refractivity contribution in [1.82, 2.24) is 19.9 Å². The summed E-state index contributed by atoms with van der Waals surface area (Å²) in [6.45, 7) is 27.6. The Bertz CT molecular complexity index is 4090. The van der Waals surface area contributed by atoms with E-state index in [-0.39, 0.29) is 21.7 Å². The summed E-state index contributed by atoms with van der Waals surface area (Å²) in [6.07, 6.45) is 8.78. The van der Waals surface area contributed by atoms with Crippen LogP contribution in [0.5, 0.6) is 0 Å². The molecule has 5 heterocycles. The summed E-state index contributed by atoms with van der Waals surface area (Å²) in [7, 11) is 8.21. The molecular formula is C80H80N6. The second-order valence-electron chi connectivity index (χ2n) is 27.6. The summed E-state index contributed by atoms with van der Waals surface area (Å²) < 4.78 is 0. The van der Waals surface area contributed by atoms with Crippen molar-refractivity contribution in [2.24, 2.45) is 0 Å². The third kappa shape index (κ3) is 12.4. The highest BCUT2D eigenvalue weighted by Crippen LogP contribution is 2.43. The Balaban J connectivity index is 1.21. The van der Waals surface area contributed by atoms with Crippen molar-refractivity contribution in [3.8, 4) is 68.2 Å². The number of benzene rings is 6. The molecule has 9 aromatic rings. The van der Waals surface area contributed by atoms with Crippen LogP contribution in [0.1, 0.15) is 150 Å². The number of anilines is 2. The molecule has 0 saturated carbocycles. The Kier molecular flexibility index (Phi) is 15.3. The smallest absolute Gasteiger partial charge is 0.0737 e. The monoisotopic (exact) mass is 1120 g/mol. The van der Waals surface area contributed by atoms with E-state index in [0.717, 1.165) is 123 Å². The molecular weight excluding hydrogens is 1040 g/mol. The van der Waals surface area contributed by atoms with Crippen LogP contribution < -0.4 is 9.80 Å². The van der Waals surface area contributed by atoms with E-state index >= 15 is 0 Å². The second-order valence-corrected chi connectivity index (χ2v) is 27.6. The van der Waals surface area contributed by atoms with Crippen LogP contribution in [-0.4, -0.2) is 48.1 Å². The summed E-state index contributed by atoms with van der Waals surface area (Å²) in [5.74, 6) is 13.7. The number of rotatable bonds is 6. The molecule has 2 aliphatic heterocycles. The van der Waals surface area contributed by atoms with Crippen molar-refractivity contribution in [3.05, 3.63) is 225 Å². The van der Waals surface area contributed by atoms with Crippen molar-refractivity contribution in [2.45, 2.75) is 105 Å². The highest BCUT2D eigenvalue weighted by Gasteiger charge is 2.26. The zero-order chi connectivity index (χ0) is 61.0. The van der Waals surface area contributed by atoms with Gasteiger partial charge in [0.2, 0.25) is 0 Å². The molecule has 8 bridgehead atoms. The van der Waals surface area contributed by atoms with Gasteiger partial charge < -0.3 is 19.8 Å². The fourth-order valence-electron chi connectivity index (χ4n) is 11.1. The predicted octanol–water partition coefficient (Wildman–Crippen LogP) is 19.4. The molecule has 86 heavy (non-hydrogen) atoms. The minimum atomic E-state index is -0.118. The third-order valence-electron chi connectivity index (χ3n) is 16.5. The standard InChI is InChI=1S/C80H80N6/c1-77(2,3)59-45-57(46-60(49-59)78(4,5)6)75-69-41-37-65(81-69)73(55-29-21-51(22-30-55)17-19-53-25-33-63(34-26-53)85(13)14)67-39-43-71(83-67)76(58-47-61(79(7,8)9)50-62(48-58)80(10,11)12)72-44-40-68(84-72)74(66-38-42-70(75)82-66)56-31-23-52(24-32-56)18-20-54-27-35-64(36-28-54)86(15)16/h21-50,81,84H,1-16H3. The molecule has 2 N–H and O–H groups in total. The molecule has 6 heteroatoms. The van der Waals surface area contributed by atoms with Gasteiger partial charge in [-0.1, -0.05) is 167 Å². The van der Waals surface area contributed by atoms with Gasteiger partial charge in [0, 0.05) is 106 Å². The van der Waals surface area contributed by atoms with E-state index in [1.165, 1.54) is 22.3 Å². The number of H-pyrrole nitrogens is 2. The first-order valence-electron chi connectivity index (χ1n) is 30.0. The van der Waals surface area contributed by atoms with Gasteiger partial charge in [-0.3, -0.25) is 0 Å². The van der Waals surface area contributed by atoms with Crippen LogP contribution in [0.4, 0.5) is 11.4 Å². The zero-order valence-corrected chi connectivity index (χ0v) is 53.1. The Hall–Kier alpha value is -9.36. The van der Waals surface area contributed by atoms with Crippen LogP contribution in [0, 0.1) is 23.7 Å². The highest BCUT2D eigenvalue weighted by atomic mass is 15.1. The van der Waals surface area contributed by atoms with E-state index in [1.54, 1.807) is 0 Å². The highest BCUT2D eigenvalue weighted by molar-refractivity contribution is 6.00. The Morgan fingerprint density at radius 2 is 0.523 bits per heavy atom. The maximum absolute atomic E-state index is 5.74. The number of fused-ring (bicyclic) bond motifs is 8. The third-order valence-corrected chi connectivity index (χ3v) is 16.5. The van der Waals surface area contributed by atoms with Crippen LogP contribution >= 0.6 is 0 Å². The predicted molar refractivity (Wildman–Crippen MR) is 369 cm³/mol. The van der Waals surface area contributed by atoms with E-state index < -0.39 is 0 Å². The first-order valence-corrected chi connectivity index (χ1v) is 30.0. The first-order chi connectivity index (χ1) is 40.7. The summed E-state index contributed by atoms with van der Waals surface area (Å²) in [5, 5.41) is 0. The molecule has 3 aromatic heterocycles. The van der Waals surface area contributed by atoms with Crippen LogP contribution in [0.15, 0.2) is 158 Å². The fourth-order valence-corrected chi connectivity index (χ4v) is 11.1. The Morgan fingerprint density at radius 1 is 0.291 bits per heavy atom. The molecule has 0 saturated heterocycles. The molecule has 0 spiro atoms. The summed E-state index contributed by atoms with van der Waals surface area (Å²) >= 11 is 0. The zero-order valence-electron chi connectivity index (χ0n) is 53.1. The van der Waals surface area contributed by atoms with Gasteiger partial charge in [0.05, 0.1) is 22.8 Å².